The topological polar surface area (TPSA) is 83.1 Å². The van der Waals surface area contributed by atoms with Gasteiger partial charge in [-0.1, -0.05) is 13.0 Å². The fraction of sp³-hybridized carbons (Fsp3) is 0.353. The van der Waals surface area contributed by atoms with Crippen molar-refractivity contribution in [2.24, 2.45) is 0 Å². The van der Waals surface area contributed by atoms with Crippen LogP contribution in [0.3, 0.4) is 0 Å². The summed E-state index contributed by atoms with van der Waals surface area (Å²) < 4.78 is 0. The number of nitrogens with zero attached hydrogens (tertiary/aromatic N) is 1. The summed E-state index contributed by atoms with van der Waals surface area (Å²) in [5, 5.41) is 9.36. The second kappa shape index (κ2) is 8.44. The molecule has 3 N–H and O–H groups in total. The van der Waals surface area contributed by atoms with E-state index in [1.165, 1.54) is 11.8 Å². The zero-order chi connectivity index (χ0) is 17.5. The molecule has 0 aliphatic carbocycles. The Hall–Kier alpha value is -2.41. The molecule has 0 radical (unpaired) electrons. The van der Waals surface area contributed by atoms with E-state index in [-0.39, 0.29) is 11.9 Å². The van der Waals surface area contributed by atoms with Crippen molar-refractivity contribution < 1.29 is 9.59 Å². The van der Waals surface area contributed by atoms with Crippen LogP contribution in [-0.4, -0.2) is 23.5 Å². The molecule has 24 heavy (non-hydrogen) atoms. The number of benzene rings is 1. The van der Waals surface area contributed by atoms with Gasteiger partial charge in [-0.3, -0.25) is 4.79 Å². The third kappa shape index (κ3) is 5.34. The van der Waals surface area contributed by atoms with Gasteiger partial charge in [-0.15, -0.1) is 11.3 Å². The first-order valence-corrected chi connectivity index (χ1v) is 8.66. The van der Waals surface area contributed by atoms with Crippen molar-refractivity contribution in [1.82, 2.24) is 10.3 Å². The molecule has 0 spiro atoms. The summed E-state index contributed by atoms with van der Waals surface area (Å²) in [5.41, 5.74) is 2.24. The fourth-order valence-corrected chi connectivity index (χ4v) is 2.98. The van der Waals surface area contributed by atoms with Gasteiger partial charge in [-0.05, 0) is 31.0 Å². The molecular weight excluding hydrogens is 324 g/mol. The highest BCUT2D eigenvalue weighted by molar-refractivity contribution is 7.11. The van der Waals surface area contributed by atoms with Crippen LogP contribution in [0.5, 0.6) is 0 Å². The summed E-state index contributed by atoms with van der Waals surface area (Å²) in [4.78, 5) is 28.7. The molecular formula is C17H22N4O2S. The Morgan fingerprint density at radius 2 is 2.04 bits per heavy atom. The summed E-state index contributed by atoms with van der Waals surface area (Å²) in [6.07, 6.45) is 3.58. The molecule has 0 saturated carbocycles. The number of rotatable bonds is 6. The van der Waals surface area contributed by atoms with Gasteiger partial charge < -0.3 is 16.0 Å². The number of amides is 3. The molecule has 0 unspecified atom stereocenters. The van der Waals surface area contributed by atoms with Gasteiger partial charge in [0.25, 0.3) is 0 Å². The smallest absolute Gasteiger partial charge is 0.319 e. The Morgan fingerprint density at radius 3 is 2.71 bits per heavy atom. The maximum absolute atomic E-state index is 12.0. The lowest BCUT2D eigenvalue weighted by molar-refractivity contribution is -0.114. The fourth-order valence-electron chi connectivity index (χ4n) is 2.11. The van der Waals surface area contributed by atoms with Gasteiger partial charge in [0.15, 0.2) is 0 Å². The third-order valence-electron chi connectivity index (χ3n) is 3.38. The summed E-state index contributed by atoms with van der Waals surface area (Å²) >= 11 is 1.68. The van der Waals surface area contributed by atoms with Crippen molar-refractivity contribution in [2.75, 3.05) is 17.2 Å². The van der Waals surface area contributed by atoms with E-state index in [9.17, 15) is 9.59 Å². The average Bonchev–Trinajstić information content (AvgIpc) is 2.98. The number of aryl methyl sites for hydroxylation is 2. The number of carbonyl (C=O) groups excluding carboxylic acids is 2. The lowest BCUT2D eigenvalue weighted by Crippen LogP contribution is -2.30. The van der Waals surface area contributed by atoms with Gasteiger partial charge in [0.2, 0.25) is 5.91 Å². The van der Waals surface area contributed by atoms with Crippen molar-refractivity contribution >= 4 is 34.6 Å². The van der Waals surface area contributed by atoms with Gasteiger partial charge in [-0.2, -0.15) is 0 Å². The van der Waals surface area contributed by atoms with E-state index in [2.05, 4.69) is 27.9 Å². The zero-order valence-corrected chi connectivity index (χ0v) is 14.9. The Kier molecular flexibility index (Phi) is 6.31. The van der Waals surface area contributed by atoms with Crippen LogP contribution in [-0.2, 0) is 17.6 Å². The predicted molar refractivity (Wildman–Crippen MR) is 97.7 cm³/mol. The SMILES string of the molecule is CCc1cnc(CCNC(=O)Nc2cc(NC(C)=O)ccc2C)s1. The molecule has 1 heterocycles. The van der Waals surface area contributed by atoms with E-state index in [1.54, 1.807) is 23.5 Å². The van der Waals surface area contributed by atoms with E-state index in [0.29, 0.717) is 24.3 Å². The number of hydrogen-bond donors (Lipinski definition) is 3. The molecule has 0 aliphatic heterocycles. The van der Waals surface area contributed by atoms with Crippen LogP contribution in [0.4, 0.5) is 16.2 Å². The van der Waals surface area contributed by atoms with Gasteiger partial charge in [0.05, 0.1) is 5.01 Å². The molecule has 0 bridgehead atoms. The van der Waals surface area contributed by atoms with Crippen LogP contribution >= 0.6 is 11.3 Å². The van der Waals surface area contributed by atoms with E-state index in [1.807, 2.05) is 19.2 Å². The summed E-state index contributed by atoms with van der Waals surface area (Å²) in [6.45, 7) is 5.96. The van der Waals surface area contributed by atoms with E-state index >= 15 is 0 Å². The number of carbonyl (C=O) groups is 2. The minimum Gasteiger partial charge on any atom is -0.337 e. The molecule has 3 amide bonds. The van der Waals surface area contributed by atoms with Crippen LogP contribution in [0.1, 0.15) is 29.3 Å². The minimum atomic E-state index is -0.273. The lowest BCUT2D eigenvalue weighted by atomic mass is 10.2. The molecule has 0 aliphatic rings. The zero-order valence-electron chi connectivity index (χ0n) is 14.1. The molecule has 7 heteroatoms. The number of anilines is 2. The first kappa shape index (κ1) is 17.9. The largest absolute Gasteiger partial charge is 0.337 e. The van der Waals surface area contributed by atoms with Gasteiger partial charge in [-0.25, -0.2) is 9.78 Å². The molecule has 0 atom stereocenters. The third-order valence-corrected chi connectivity index (χ3v) is 4.58. The quantitative estimate of drug-likeness (QED) is 0.750. The van der Waals surface area contributed by atoms with Crippen LogP contribution in [0.15, 0.2) is 24.4 Å². The monoisotopic (exact) mass is 346 g/mol. The normalized spacial score (nSPS) is 10.3. The Labute approximate surface area is 145 Å². The summed E-state index contributed by atoms with van der Waals surface area (Å²) in [6, 6.07) is 5.12. The molecule has 1 aromatic heterocycles. The maximum Gasteiger partial charge on any atom is 0.319 e. The van der Waals surface area contributed by atoms with Crippen molar-refractivity contribution in [1.29, 1.82) is 0 Å². The van der Waals surface area contributed by atoms with Gasteiger partial charge in [0, 0.05) is 42.3 Å². The van der Waals surface area contributed by atoms with Gasteiger partial charge >= 0.3 is 6.03 Å². The number of thiazole rings is 1. The number of urea groups is 1. The second-order valence-electron chi connectivity index (χ2n) is 5.42. The maximum atomic E-state index is 12.0. The van der Waals surface area contributed by atoms with E-state index in [0.717, 1.165) is 17.0 Å². The van der Waals surface area contributed by atoms with Crippen LogP contribution < -0.4 is 16.0 Å². The molecule has 128 valence electrons. The van der Waals surface area contributed by atoms with Gasteiger partial charge in [0.1, 0.15) is 0 Å². The van der Waals surface area contributed by atoms with E-state index in [4.69, 9.17) is 0 Å². The standard InChI is InChI=1S/C17H22N4O2S/c1-4-14-10-19-16(24-14)7-8-18-17(23)21-15-9-13(20-12(3)22)6-5-11(15)2/h5-6,9-10H,4,7-8H2,1-3H3,(H,20,22)(H2,18,21,23). The Bertz CT molecular complexity index is 727. The Balaban J connectivity index is 1.86. The van der Waals surface area contributed by atoms with Crippen LogP contribution in [0.25, 0.3) is 0 Å². The average molecular weight is 346 g/mol. The highest BCUT2D eigenvalue weighted by Crippen LogP contribution is 2.20. The predicted octanol–water partition coefficient (Wildman–Crippen LogP) is 3.34. The Morgan fingerprint density at radius 1 is 1.25 bits per heavy atom. The van der Waals surface area contributed by atoms with Crippen LogP contribution in [0.2, 0.25) is 0 Å². The molecule has 0 fully saturated rings. The van der Waals surface area contributed by atoms with Crippen molar-refractivity contribution in [3.05, 3.63) is 39.8 Å². The first-order valence-electron chi connectivity index (χ1n) is 7.84. The van der Waals surface area contributed by atoms with Crippen molar-refractivity contribution in [3.63, 3.8) is 0 Å². The molecule has 2 rings (SSSR count). The summed E-state index contributed by atoms with van der Waals surface area (Å²) in [7, 11) is 0. The number of nitrogens with one attached hydrogen (secondary N) is 3. The summed E-state index contributed by atoms with van der Waals surface area (Å²) in [5.74, 6) is -0.149. The highest BCUT2D eigenvalue weighted by atomic mass is 32.1. The minimum absolute atomic E-state index is 0.149. The van der Waals surface area contributed by atoms with Crippen LogP contribution in [0, 0.1) is 6.92 Å². The molecule has 6 nitrogen and oxygen atoms in total. The first-order chi connectivity index (χ1) is 11.5. The van der Waals surface area contributed by atoms with Crippen molar-refractivity contribution in [2.45, 2.75) is 33.6 Å². The van der Waals surface area contributed by atoms with E-state index < -0.39 is 0 Å². The molecule has 1 aromatic carbocycles. The second-order valence-corrected chi connectivity index (χ2v) is 6.62. The highest BCUT2D eigenvalue weighted by Gasteiger charge is 2.07. The molecule has 2 aromatic rings. The number of aromatic nitrogens is 1. The lowest BCUT2D eigenvalue weighted by Gasteiger charge is -2.11. The number of hydrogen-bond acceptors (Lipinski definition) is 4. The van der Waals surface area contributed by atoms with Crippen molar-refractivity contribution in [3.8, 4) is 0 Å². The molecule has 0 saturated heterocycles.